The van der Waals surface area contributed by atoms with Crippen molar-refractivity contribution in [2.45, 2.75) is 38.0 Å². The minimum Gasteiger partial charge on any atom is -0.395 e. The van der Waals surface area contributed by atoms with Crippen molar-refractivity contribution in [3.05, 3.63) is 16.4 Å². The normalized spacial score (nSPS) is 14.4. The number of halogens is 1. The van der Waals surface area contributed by atoms with Gasteiger partial charge in [-0.15, -0.1) is 0 Å². The molecule has 0 fully saturated rings. The monoisotopic (exact) mass is 319 g/mol. The van der Waals surface area contributed by atoms with E-state index in [0.717, 1.165) is 0 Å². The number of carbonyl (C=O) groups is 1. The van der Waals surface area contributed by atoms with Crippen LogP contribution in [-0.2, 0) is 7.05 Å². The summed E-state index contributed by atoms with van der Waals surface area (Å²) in [6.07, 6.45) is 1.90. The Balaban J connectivity index is 2.98. The molecule has 1 aromatic heterocycles. The lowest BCUT2D eigenvalue weighted by atomic mass is 10.1. The SMILES string of the molecule is CSC(CO)C(C)NC(=O)c1c(C(C)C)nn(C)c1Cl. The van der Waals surface area contributed by atoms with Gasteiger partial charge in [0.05, 0.1) is 17.9 Å². The number of carbonyl (C=O) groups excluding carboxylic acids is 1. The largest absolute Gasteiger partial charge is 0.395 e. The summed E-state index contributed by atoms with van der Waals surface area (Å²) >= 11 is 7.69. The Morgan fingerprint density at radius 3 is 2.55 bits per heavy atom. The standard InChI is InChI=1S/C13H22ClN3O2S/c1-7(2)11-10(12(14)17(4)16-11)13(19)15-8(3)9(6-18)20-5/h7-9,18H,6H2,1-5H3,(H,15,19). The maximum absolute atomic E-state index is 12.4. The molecular formula is C13H22ClN3O2S. The summed E-state index contributed by atoms with van der Waals surface area (Å²) in [5.41, 5.74) is 1.11. The second-order valence-electron chi connectivity index (χ2n) is 5.05. The third-order valence-corrected chi connectivity index (χ3v) is 4.77. The molecule has 114 valence electrons. The van der Waals surface area contributed by atoms with Crippen LogP contribution in [0.5, 0.6) is 0 Å². The van der Waals surface area contributed by atoms with Crippen LogP contribution >= 0.6 is 23.4 Å². The number of aliphatic hydroxyl groups excluding tert-OH is 1. The number of aryl methyl sites for hydroxylation is 1. The van der Waals surface area contributed by atoms with Crippen LogP contribution in [0.15, 0.2) is 0 Å². The molecule has 1 amide bonds. The molecule has 7 heteroatoms. The van der Waals surface area contributed by atoms with Crippen LogP contribution in [0.3, 0.4) is 0 Å². The molecule has 0 bridgehead atoms. The zero-order valence-corrected chi connectivity index (χ0v) is 14.0. The third kappa shape index (κ3) is 3.68. The molecule has 2 atom stereocenters. The average molecular weight is 320 g/mol. The van der Waals surface area contributed by atoms with Crippen molar-refractivity contribution in [1.82, 2.24) is 15.1 Å². The van der Waals surface area contributed by atoms with Gasteiger partial charge in [0, 0.05) is 18.3 Å². The van der Waals surface area contributed by atoms with E-state index < -0.39 is 0 Å². The summed E-state index contributed by atoms with van der Waals surface area (Å²) in [6.45, 7) is 5.82. The third-order valence-electron chi connectivity index (χ3n) is 3.18. The number of nitrogens with one attached hydrogen (secondary N) is 1. The number of amides is 1. The molecule has 0 aliphatic carbocycles. The first-order valence-electron chi connectivity index (χ1n) is 6.50. The van der Waals surface area contributed by atoms with E-state index in [1.165, 1.54) is 16.4 Å². The molecule has 0 aliphatic heterocycles. The maximum Gasteiger partial charge on any atom is 0.256 e. The van der Waals surface area contributed by atoms with Crippen LogP contribution < -0.4 is 5.32 Å². The van der Waals surface area contributed by atoms with Gasteiger partial charge in [0.25, 0.3) is 5.91 Å². The van der Waals surface area contributed by atoms with E-state index in [-0.39, 0.29) is 29.7 Å². The van der Waals surface area contributed by atoms with Crippen LogP contribution in [0.2, 0.25) is 5.15 Å². The second kappa shape index (κ2) is 7.33. The Kier molecular flexibility index (Phi) is 6.36. The molecule has 5 nitrogen and oxygen atoms in total. The number of rotatable bonds is 6. The lowest BCUT2D eigenvalue weighted by Crippen LogP contribution is -2.41. The van der Waals surface area contributed by atoms with Gasteiger partial charge in [-0.05, 0) is 19.1 Å². The number of nitrogens with zero attached hydrogens (tertiary/aromatic N) is 2. The van der Waals surface area contributed by atoms with Gasteiger partial charge in [-0.2, -0.15) is 16.9 Å². The van der Waals surface area contributed by atoms with Crippen molar-refractivity contribution in [3.63, 3.8) is 0 Å². The smallest absolute Gasteiger partial charge is 0.256 e. The van der Waals surface area contributed by atoms with Gasteiger partial charge in [-0.25, -0.2) is 0 Å². The molecule has 0 aromatic carbocycles. The second-order valence-corrected chi connectivity index (χ2v) is 6.48. The van der Waals surface area contributed by atoms with Gasteiger partial charge in [0.2, 0.25) is 0 Å². The summed E-state index contributed by atoms with van der Waals surface area (Å²) in [6, 6.07) is -0.154. The molecule has 0 radical (unpaired) electrons. The van der Waals surface area contributed by atoms with E-state index in [4.69, 9.17) is 11.6 Å². The maximum atomic E-state index is 12.4. The molecule has 0 saturated heterocycles. The quantitative estimate of drug-likeness (QED) is 0.842. The molecule has 2 N–H and O–H groups in total. The van der Waals surface area contributed by atoms with E-state index in [1.807, 2.05) is 27.0 Å². The van der Waals surface area contributed by atoms with Crippen molar-refractivity contribution < 1.29 is 9.90 Å². The summed E-state index contributed by atoms with van der Waals surface area (Å²) in [4.78, 5) is 12.4. The summed E-state index contributed by atoms with van der Waals surface area (Å²) in [5.74, 6) is -0.134. The highest BCUT2D eigenvalue weighted by atomic mass is 35.5. The molecule has 1 heterocycles. The fourth-order valence-electron chi connectivity index (χ4n) is 1.95. The van der Waals surface area contributed by atoms with Crippen molar-refractivity contribution in [2.24, 2.45) is 7.05 Å². The van der Waals surface area contributed by atoms with Crippen molar-refractivity contribution in [2.75, 3.05) is 12.9 Å². The first kappa shape index (κ1) is 17.3. The Bertz CT molecular complexity index is 472. The van der Waals surface area contributed by atoms with Gasteiger partial charge in [0.1, 0.15) is 5.15 Å². The van der Waals surface area contributed by atoms with Crippen molar-refractivity contribution in [1.29, 1.82) is 0 Å². The summed E-state index contributed by atoms with van der Waals surface area (Å²) < 4.78 is 1.51. The number of aromatic nitrogens is 2. The lowest BCUT2D eigenvalue weighted by Gasteiger charge is -2.21. The number of thioether (sulfide) groups is 1. The minimum atomic E-state index is -0.244. The van der Waals surface area contributed by atoms with Gasteiger partial charge < -0.3 is 10.4 Å². The molecule has 0 spiro atoms. The highest BCUT2D eigenvalue weighted by Crippen LogP contribution is 2.25. The Labute approximate surface area is 129 Å². The molecule has 1 aromatic rings. The molecule has 0 saturated carbocycles. The predicted octanol–water partition coefficient (Wildman–Crippen LogP) is 2.04. The lowest BCUT2D eigenvalue weighted by molar-refractivity contribution is 0.0934. The number of aliphatic hydroxyl groups is 1. The van der Waals surface area contributed by atoms with E-state index >= 15 is 0 Å². The fraction of sp³-hybridized carbons (Fsp3) is 0.692. The highest BCUT2D eigenvalue weighted by Gasteiger charge is 2.26. The van der Waals surface area contributed by atoms with Crippen LogP contribution in [0.25, 0.3) is 0 Å². The summed E-state index contributed by atoms with van der Waals surface area (Å²) in [5, 5.41) is 16.7. The van der Waals surface area contributed by atoms with Crippen LogP contribution in [0.4, 0.5) is 0 Å². The van der Waals surface area contributed by atoms with Gasteiger partial charge in [-0.3, -0.25) is 9.48 Å². The van der Waals surface area contributed by atoms with Crippen LogP contribution in [0, 0.1) is 0 Å². The van der Waals surface area contributed by atoms with Crippen LogP contribution in [-0.4, -0.2) is 44.9 Å². The molecule has 1 rings (SSSR count). The Hall–Kier alpha value is -0.720. The van der Waals surface area contributed by atoms with E-state index in [2.05, 4.69) is 10.4 Å². The predicted molar refractivity (Wildman–Crippen MR) is 83.6 cm³/mol. The molecule has 2 unspecified atom stereocenters. The molecular weight excluding hydrogens is 298 g/mol. The molecule has 0 aliphatic rings. The van der Waals surface area contributed by atoms with Gasteiger partial charge in [0.15, 0.2) is 0 Å². The zero-order chi connectivity index (χ0) is 15.4. The highest BCUT2D eigenvalue weighted by molar-refractivity contribution is 7.99. The fourth-order valence-corrected chi connectivity index (χ4v) is 2.79. The number of hydrogen-bond acceptors (Lipinski definition) is 4. The van der Waals surface area contributed by atoms with E-state index in [9.17, 15) is 9.90 Å². The van der Waals surface area contributed by atoms with Crippen LogP contribution in [0.1, 0.15) is 42.7 Å². The Morgan fingerprint density at radius 2 is 2.10 bits per heavy atom. The average Bonchev–Trinajstić information content (AvgIpc) is 2.67. The first-order valence-corrected chi connectivity index (χ1v) is 8.16. The zero-order valence-electron chi connectivity index (χ0n) is 12.5. The molecule has 20 heavy (non-hydrogen) atoms. The Morgan fingerprint density at radius 1 is 1.50 bits per heavy atom. The first-order chi connectivity index (χ1) is 9.33. The summed E-state index contributed by atoms with van der Waals surface area (Å²) in [7, 11) is 1.72. The van der Waals surface area contributed by atoms with E-state index in [1.54, 1.807) is 7.05 Å². The van der Waals surface area contributed by atoms with Gasteiger partial charge >= 0.3 is 0 Å². The van der Waals surface area contributed by atoms with Gasteiger partial charge in [-0.1, -0.05) is 25.4 Å². The van der Waals surface area contributed by atoms with Crippen molar-refractivity contribution in [3.8, 4) is 0 Å². The van der Waals surface area contributed by atoms with Crippen molar-refractivity contribution >= 4 is 29.3 Å². The minimum absolute atomic E-state index is 0.0143. The topological polar surface area (TPSA) is 67.2 Å². The number of hydrogen-bond donors (Lipinski definition) is 2. The van der Waals surface area contributed by atoms with E-state index in [0.29, 0.717) is 16.4 Å².